The van der Waals surface area contributed by atoms with E-state index in [4.69, 9.17) is 4.74 Å². The van der Waals surface area contributed by atoms with Crippen molar-refractivity contribution in [1.82, 2.24) is 0 Å². The topological polar surface area (TPSA) is 70.1 Å². The second kappa shape index (κ2) is 13.9. The van der Waals surface area contributed by atoms with Crippen LogP contribution in [-0.2, 0) is 9.53 Å². The first kappa shape index (κ1) is 35.4. The van der Waals surface area contributed by atoms with Crippen LogP contribution in [0.5, 0.6) is 0 Å². The zero-order valence-corrected chi connectivity index (χ0v) is 28.6. The predicted molar refractivity (Wildman–Crippen MR) is 184 cm³/mol. The molecule has 0 bridgehead atoms. The lowest BCUT2D eigenvalue weighted by Crippen LogP contribution is -2.46. The summed E-state index contributed by atoms with van der Waals surface area (Å²) in [7, 11) is 0. The van der Waals surface area contributed by atoms with Gasteiger partial charge in [0.2, 0.25) is 0 Å². The Morgan fingerprint density at radius 1 is 0.727 bits per heavy atom. The number of rotatable bonds is 10. The molecule has 2 fully saturated rings. The molecule has 3 aliphatic rings. The lowest BCUT2D eigenvalue weighted by Gasteiger charge is -2.39. The van der Waals surface area contributed by atoms with Gasteiger partial charge in [0.25, 0.3) is 0 Å². The van der Waals surface area contributed by atoms with Crippen LogP contribution in [0.2, 0.25) is 0 Å². The van der Waals surface area contributed by atoms with Crippen molar-refractivity contribution in [2.45, 2.75) is 112 Å². The molecule has 1 saturated carbocycles. The fraction of sp³-hybridized carbons (Fsp3) is 0.475. The molecule has 0 aromatic heterocycles. The number of aliphatic hydroxyl groups excluding tert-OH is 2. The highest BCUT2D eigenvalue weighted by atomic mass is 16.6. The summed E-state index contributed by atoms with van der Waals surface area (Å²) in [5.74, 6) is -0.168. The SMILES string of the molecule is CC(C=CC=C(C)C=CC1=C(C)C(=O)C(O)CC1(C)C)=CC=CC=C(C)C=CC=C(C)C=CC12OC1(C)CC(O)CC2(C)C. The van der Waals surface area contributed by atoms with Crippen molar-refractivity contribution in [3.05, 3.63) is 119 Å². The molecule has 0 radical (unpaired) electrons. The number of hydrogen-bond acceptors (Lipinski definition) is 4. The van der Waals surface area contributed by atoms with Crippen LogP contribution in [0.15, 0.2) is 119 Å². The van der Waals surface area contributed by atoms with Crippen LogP contribution in [0.25, 0.3) is 0 Å². The van der Waals surface area contributed by atoms with E-state index in [0.29, 0.717) is 18.4 Å². The highest BCUT2D eigenvalue weighted by molar-refractivity contribution is 6.00. The average molecular weight is 599 g/mol. The van der Waals surface area contributed by atoms with Crippen molar-refractivity contribution in [1.29, 1.82) is 0 Å². The van der Waals surface area contributed by atoms with E-state index in [-0.39, 0.29) is 33.9 Å². The Labute approximate surface area is 266 Å². The molecule has 238 valence electrons. The van der Waals surface area contributed by atoms with Crippen LogP contribution in [-0.4, -0.2) is 39.4 Å². The Bertz CT molecular complexity index is 1410. The number of aliphatic hydroxyl groups is 2. The zero-order valence-electron chi connectivity index (χ0n) is 28.6. The molecule has 1 heterocycles. The van der Waals surface area contributed by atoms with E-state index in [0.717, 1.165) is 34.3 Å². The molecule has 0 aromatic rings. The van der Waals surface area contributed by atoms with E-state index in [1.807, 2.05) is 37.3 Å². The van der Waals surface area contributed by atoms with Crippen LogP contribution in [0.1, 0.15) is 88.5 Å². The van der Waals surface area contributed by atoms with Crippen molar-refractivity contribution in [3.63, 3.8) is 0 Å². The molecule has 4 heteroatoms. The van der Waals surface area contributed by atoms with Crippen molar-refractivity contribution in [2.75, 3.05) is 0 Å². The van der Waals surface area contributed by atoms with Gasteiger partial charge in [-0.05, 0) is 77.0 Å². The third-order valence-electron chi connectivity index (χ3n) is 9.38. The standard InChI is InChI=1S/C40H54O4/c1-28(17-13-19-30(3)21-22-34-32(5)36(43)35(42)27-37(34,6)7)15-11-12-16-29(2)18-14-20-31(4)23-24-40-38(8,9)25-33(41)26-39(40,10)44-40/h11-24,33,35,41-42H,25-27H2,1-10H3. The molecule has 4 unspecified atom stereocenters. The van der Waals surface area contributed by atoms with E-state index >= 15 is 0 Å². The predicted octanol–water partition coefficient (Wildman–Crippen LogP) is 8.94. The number of epoxide rings is 1. The van der Waals surface area contributed by atoms with E-state index in [1.165, 1.54) is 0 Å². The molecule has 0 aromatic carbocycles. The van der Waals surface area contributed by atoms with E-state index in [9.17, 15) is 15.0 Å². The minimum Gasteiger partial charge on any atom is -0.393 e. The van der Waals surface area contributed by atoms with Gasteiger partial charge >= 0.3 is 0 Å². The summed E-state index contributed by atoms with van der Waals surface area (Å²) >= 11 is 0. The molecule has 3 rings (SSSR count). The van der Waals surface area contributed by atoms with Gasteiger partial charge in [-0.15, -0.1) is 0 Å². The van der Waals surface area contributed by atoms with Crippen LogP contribution in [0, 0.1) is 10.8 Å². The molecule has 2 aliphatic carbocycles. The smallest absolute Gasteiger partial charge is 0.187 e. The highest BCUT2D eigenvalue weighted by Gasteiger charge is 2.74. The fourth-order valence-electron chi connectivity index (χ4n) is 6.81. The fourth-order valence-corrected chi connectivity index (χ4v) is 6.81. The van der Waals surface area contributed by atoms with E-state index in [1.54, 1.807) is 6.92 Å². The number of fused-ring (bicyclic) bond motifs is 1. The van der Waals surface area contributed by atoms with Crippen molar-refractivity contribution in [3.8, 4) is 0 Å². The molecule has 2 N–H and O–H groups in total. The van der Waals surface area contributed by atoms with Gasteiger partial charge < -0.3 is 14.9 Å². The van der Waals surface area contributed by atoms with Crippen molar-refractivity contribution < 1.29 is 19.7 Å². The quantitative estimate of drug-likeness (QED) is 0.195. The third kappa shape index (κ3) is 8.35. The number of carbonyl (C=O) groups is 1. The molecule has 1 saturated heterocycles. The summed E-state index contributed by atoms with van der Waals surface area (Å²) in [6.45, 7) is 20.7. The van der Waals surface area contributed by atoms with Gasteiger partial charge in [0.1, 0.15) is 17.3 Å². The molecule has 4 atom stereocenters. The van der Waals surface area contributed by atoms with Crippen LogP contribution < -0.4 is 0 Å². The van der Waals surface area contributed by atoms with Crippen LogP contribution in [0.3, 0.4) is 0 Å². The number of carbonyl (C=O) groups excluding carboxylic acids is 1. The Morgan fingerprint density at radius 2 is 1.23 bits per heavy atom. The number of allylic oxidation sites excluding steroid dienone is 18. The largest absolute Gasteiger partial charge is 0.393 e. The minimum atomic E-state index is -0.900. The lowest BCUT2D eigenvalue weighted by atomic mass is 9.63. The minimum absolute atomic E-state index is 0.104. The Kier molecular flexibility index (Phi) is 11.2. The maximum absolute atomic E-state index is 12.2. The average Bonchev–Trinajstić information content (AvgIpc) is 3.53. The molecule has 0 spiro atoms. The number of ether oxygens (including phenoxy) is 1. The van der Waals surface area contributed by atoms with Gasteiger partial charge in [0, 0.05) is 11.8 Å². The van der Waals surface area contributed by atoms with E-state index in [2.05, 4.69) is 110 Å². The van der Waals surface area contributed by atoms with Crippen LogP contribution in [0.4, 0.5) is 0 Å². The first-order valence-electron chi connectivity index (χ1n) is 15.8. The lowest BCUT2D eigenvalue weighted by molar-refractivity contribution is -0.125. The number of ketones is 1. The maximum atomic E-state index is 12.2. The molecule has 44 heavy (non-hydrogen) atoms. The first-order chi connectivity index (χ1) is 20.4. The van der Waals surface area contributed by atoms with Gasteiger partial charge in [0.05, 0.1) is 6.10 Å². The molecular weight excluding hydrogens is 544 g/mol. The zero-order chi connectivity index (χ0) is 32.9. The van der Waals surface area contributed by atoms with E-state index < -0.39 is 6.10 Å². The normalized spacial score (nSPS) is 31.9. The number of Topliss-reactive ketones (excluding diaryl/α,β-unsaturated/α-hetero) is 1. The second-order valence-electron chi connectivity index (χ2n) is 14.4. The summed E-state index contributed by atoms with van der Waals surface area (Å²) < 4.78 is 6.24. The maximum Gasteiger partial charge on any atom is 0.187 e. The van der Waals surface area contributed by atoms with Crippen LogP contribution >= 0.6 is 0 Å². The molecular formula is C40H54O4. The van der Waals surface area contributed by atoms with Crippen molar-refractivity contribution in [2.24, 2.45) is 10.8 Å². The molecule has 0 amide bonds. The summed E-state index contributed by atoms with van der Waals surface area (Å²) in [4.78, 5) is 12.2. The monoisotopic (exact) mass is 598 g/mol. The van der Waals surface area contributed by atoms with Gasteiger partial charge in [-0.1, -0.05) is 129 Å². The summed E-state index contributed by atoms with van der Waals surface area (Å²) in [5, 5.41) is 20.3. The first-order valence-corrected chi connectivity index (χ1v) is 15.8. The molecule has 4 nitrogen and oxygen atoms in total. The summed E-state index contributed by atoms with van der Waals surface area (Å²) in [6, 6.07) is 0. The number of hydrogen-bond donors (Lipinski definition) is 2. The van der Waals surface area contributed by atoms with Gasteiger partial charge in [-0.2, -0.15) is 0 Å². The highest BCUT2D eigenvalue weighted by Crippen LogP contribution is 2.66. The summed E-state index contributed by atoms with van der Waals surface area (Å²) in [6.07, 6.45) is 29.8. The van der Waals surface area contributed by atoms with Crippen molar-refractivity contribution >= 4 is 5.78 Å². The van der Waals surface area contributed by atoms with Gasteiger partial charge in [-0.3, -0.25) is 4.79 Å². The Balaban J connectivity index is 1.51. The summed E-state index contributed by atoms with van der Waals surface area (Å²) in [5.41, 5.74) is 5.26. The Hall–Kier alpha value is -3.05. The third-order valence-corrected chi connectivity index (χ3v) is 9.38. The second-order valence-corrected chi connectivity index (χ2v) is 14.4. The molecule has 1 aliphatic heterocycles. The van der Waals surface area contributed by atoms with Gasteiger partial charge in [-0.25, -0.2) is 0 Å². The Morgan fingerprint density at radius 3 is 1.77 bits per heavy atom. The van der Waals surface area contributed by atoms with Gasteiger partial charge in [0.15, 0.2) is 5.78 Å².